The second-order valence-corrected chi connectivity index (χ2v) is 6.36. The van der Waals surface area contributed by atoms with Crippen LogP contribution in [0.1, 0.15) is 34.7 Å². The average molecular weight is 307 g/mol. The number of imidazole rings is 1. The molecule has 4 rings (SSSR count). The molecule has 0 bridgehead atoms. The fraction of sp³-hybridized carbons (Fsp3) is 0.316. The summed E-state index contributed by atoms with van der Waals surface area (Å²) in [6.07, 6.45) is 4.03. The summed E-state index contributed by atoms with van der Waals surface area (Å²) < 4.78 is 7.54. The highest BCUT2D eigenvalue weighted by Gasteiger charge is 2.20. The Hall–Kier alpha value is -2.33. The first-order valence-corrected chi connectivity index (χ1v) is 8.02. The second-order valence-electron chi connectivity index (χ2n) is 6.36. The fourth-order valence-corrected chi connectivity index (χ4v) is 3.55. The second kappa shape index (κ2) is 5.39. The highest BCUT2D eigenvalue weighted by molar-refractivity contribution is 5.78. The number of rotatable bonds is 3. The van der Waals surface area contributed by atoms with Crippen LogP contribution in [0.5, 0.6) is 5.75 Å². The Balaban J connectivity index is 1.71. The number of aromatic nitrogens is 2. The normalized spacial score (nSPS) is 16.7. The van der Waals surface area contributed by atoms with Crippen molar-refractivity contribution in [3.05, 3.63) is 58.9 Å². The summed E-state index contributed by atoms with van der Waals surface area (Å²) in [5, 5.41) is 0. The first-order chi connectivity index (χ1) is 11.2. The zero-order chi connectivity index (χ0) is 16.0. The maximum atomic E-state index is 6.17. The van der Waals surface area contributed by atoms with Gasteiger partial charge in [-0.15, -0.1) is 0 Å². The maximum absolute atomic E-state index is 6.17. The molecule has 4 nitrogen and oxygen atoms in total. The van der Waals surface area contributed by atoms with E-state index in [2.05, 4.69) is 40.7 Å². The van der Waals surface area contributed by atoms with Crippen molar-refractivity contribution in [2.24, 2.45) is 5.73 Å². The van der Waals surface area contributed by atoms with Gasteiger partial charge in [0.1, 0.15) is 5.75 Å². The lowest BCUT2D eigenvalue weighted by atomic mass is 10.1. The molecule has 1 unspecified atom stereocenters. The van der Waals surface area contributed by atoms with E-state index in [1.54, 1.807) is 7.11 Å². The molecule has 2 aromatic carbocycles. The first kappa shape index (κ1) is 14.3. The molecule has 1 aliphatic carbocycles. The molecule has 0 fully saturated rings. The number of hydrogen-bond donors (Lipinski definition) is 1. The van der Waals surface area contributed by atoms with Gasteiger partial charge in [-0.1, -0.05) is 12.1 Å². The molecule has 0 saturated heterocycles. The van der Waals surface area contributed by atoms with E-state index in [9.17, 15) is 0 Å². The Morgan fingerprint density at radius 2 is 2.17 bits per heavy atom. The Kier molecular flexibility index (Phi) is 3.34. The number of hydrogen-bond acceptors (Lipinski definition) is 3. The van der Waals surface area contributed by atoms with E-state index in [0.29, 0.717) is 0 Å². The van der Waals surface area contributed by atoms with Crippen LogP contribution in [-0.4, -0.2) is 16.7 Å². The molecule has 3 aromatic rings. The van der Waals surface area contributed by atoms with Gasteiger partial charge >= 0.3 is 0 Å². The Morgan fingerprint density at radius 1 is 1.30 bits per heavy atom. The van der Waals surface area contributed by atoms with E-state index in [4.69, 9.17) is 10.5 Å². The van der Waals surface area contributed by atoms with Crippen molar-refractivity contribution in [1.82, 2.24) is 9.55 Å². The molecule has 0 saturated carbocycles. The summed E-state index contributed by atoms with van der Waals surface area (Å²) in [5.74, 6) is 0.927. The zero-order valence-corrected chi connectivity index (χ0v) is 13.5. The lowest BCUT2D eigenvalue weighted by Crippen LogP contribution is -2.05. The molecule has 1 aliphatic rings. The van der Waals surface area contributed by atoms with Crippen molar-refractivity contribution in [1.29, 1.82) is 0 Å². The van der Waals surface area contributed by atoms with Crippen molar-refractivity contribution in [3.8, 4) is 5.75 Å². The van der Waals surface area contributed by atoms with Gasteiger partial charge in [-0.3, -0.25) is 0 Å². The number of benzene rings is 2. The number of nitrogens with zero attached hydrogens (tertiary/aromatic N) is 2. The third kappa shape index (κ3) is 2.39. The summed E-state index contributed by atoms with van der Waals surface area (Å²) >= 11 is 0. The summed E-state index contributed by atoms with van der Waals surface area (Å²) in [5.41, 5.74) is 13.4. The summed E-state index contributed by atoms with van der Waals surface area (Å²) in [4.78, 5) is 4.57. The molecule has 0 aliphatic heterocycles. The lowest BCUT2D eigenvalue weighted by molar-refractivity contribution is 0.411. The monoisotopic (exact) mass is 307 g/mol. The smallest absolute Gasteiger partial charge is 0.121 e. The molecular formula is C19H21N3O. The Labute approximate surface area is 135 Å². The highest BCUT2D eigenvalue weighted by Crippen LogP contribution is 2.32. The molecule has 118 valence electrons. The van der Waals surface area contributed by atoms with Crippen LogP contribution in [0.4, 0.5) is 0 Å². The van der Waals surface area contributed by atoms with E-state index < -0.39 is 0 Å². The van der Waals surface area contributed by atoms with Crippen LogP contribution in [-0.2, 0) is 13.0 Å². The summed E-state index contributed by atoms with van der Waals surface area (Å²) in [6, 6.07) is 10.9. The maximum Gasteiger partial charge on any atom is 0.121 e. The summed E-state index contributed by atoms with van der Waals surface area (Å²) in [6.45, 7) is 2.88. The summed E-state index contributed by atoms with van der Waals surface area (Å²) in [7, 11) is 1.71. The SMILES string of the molecule is COc1ccc(Cn2cnc3cc4c(cc32)CCC4N)cc1C. The first-order valence-electron chi connectivity index (χ1n) is 8.02. The van der Waals surface area contributed by atoms with Gasteiger partial charge in [0.15, 0.2) is 0 Å². The minimum absolute atomic E-state index is 0.170. The van der Waals surface area contributed by atoms with Gasteiger partial charge in [-0.2, -0.15) is 0 Å². The molecule has 1 atom stereocenters. The van der Waals surface area contributed by atoms with Crippen LogP contribution in [0.2, 0.25) is 0 Å². The van der Waals surface area contributed by atoms with Crippen molar-refractivity contribution < 1.29 is 4.74 Å². The van der Waals surface area contributed by atoms with Crippen LogP contribution in [0.15, 0.2) is 36.7 Å². The number of methoxy groups -OCH3 is 1. The fourth-order valence-electron chi connectivity index (χ4n) is 3.55. The van der Waals surface area contributed by atoms with Gasteiger partial charge in [0.2, 0.25) is 0 Å². The van der Waals surface area contributed by atoms with Crippen LogP contribution in [0.3, 0.4) is 0 Å². The molecule has 0 spiro atoms. The van der Waals surface area contributed by atoms with Gasteiger partial charge in [0.25, 0.3) is 0 Å². The van der Waals surface area contributed by atoms with E-state index >= 15 is 0 Å². The Bertz CT molecular complexity index is 882. The number of ether oxygens (including phenoxy) is 1. The van der Waals surface area contributed by atoms with Gasteiger partial charge in [0.05, 0.1) is 24.5 Å². The molecular weight excluding hydrogens is 286 g/mol. The number of aryl methyl sites for hydroxylation is 2. The molecule has 1 heterocycles. The van der Waals surface area contributed by atoms with Gasteiger partial charge in [-0.05, 0) is 60.2 Å². The minimum atomic E-state index is 0.170. The number of fused-ring (bicyclic) bond motifs is 2. The van der Waals surface area contributed by atoms with E-state index in [1.165, 1.54) is 22.2 Å². The van der Waals surface area contributed by atoms with Crippen LogP contribution >= 0.6 is 0 Å². The van der Waals surface area contributed by atoms with Crippen LogP contribution < -0.4 is 10.5 Å². The topological polar surface area (TPSA) is 53.1 Å². The molecule has 0 radical (unpaired) electrons. The number of nitrogens with two attached hydrogens (primary N) is 1. The third-order valence-corrected chi connectivity index (χ3v) is 4.82. The van der Waals surface area contributed by atoms with E-state index in [0.717, 1.165) is 36.2 Å². The van der Waals surface area contributed by atoms with Crippen molar-refractivity contribution >= 4 is 11.0 Å². The molecule has 2 N–H and O–H groups in total. The molecule has 23 heavy (non-hydrogen) atoms. The zero-order valence-electron chi connectivity index (χ0n) is 13.5. The molecule has 4 heteroatoms. The van der Waals surface area contributed by atoms with Crippen LogP contribution in [0, 0.1) is 6.92 Å². The van der Waals surface area contributed by atoms with Gasteiger partial charge in [-0.25, -0.2) is 4.98 Å². The van der Waals surface area contributed by atoms with Gasteiger partial charge in [0, 0.05) is 12.6 Å². The average Bonchev–Trinajstić information content (AvgIpc) is 3.10. The quantitative estimate of drug-likeness (QED) is 0.807. The van der Waals surface area contributed by atoms with E-state index in [-0.39, 0.29) is 6.04 Å². The Morgan fingerprint density at radius 3 is 2.96 bits per heavy atom. The molecule has 1 aromatic heterocycles. The minimum Gasteiger partial charge on any atom is -0.496 e. The lowest BCUT2D eigenvalue weighted by Gasteiger charge is -2.10. The largest absolute Gasteiger partial charge is 0.496 e. The predicted molar refractivity (Wildman–Crippen MR) is 91.8 cm³/mol. The highest BCUT2D eigenvalue weighted by atomic mass is 16.5. The van der Waals surface area contributed by atoms with Crippen molar-refractivity contribution in [2.45, 2.75) is 32.4 Å². The van der Waals surface area contributed by atoms with Crippen LogP contribution in [0.25, 0.3) is 11.0 Å². The van der Waals surface area contributed by atoms with Crippen molar-refractivity contribution in [3.63, 3.8) is 0 Å². The molecule has 0 amide bonds. The van der Waals surface area contributed by atoms with Crippen molar-refractivity contribution in [2.75, 3.05) is 7.11 Å². The van der Waals surface area contributed by atoms with Gasteiger partial charge < -0.3 is 15.0 Å². The predicted octanol–water partition coefficient (Wildman–Crippen LogP) is 3.35. The standard InChI is InChI=1S/C19H21N3O/c1-12-7-13(3-6-19(12)23-2)10-22-11-21-17-9-15-14(8-18(17)22)4-5-16(15)20/h3,6-9,11,16H,4-5,10,20H2,1-2H3. The third-order valence-electron chi connectivity index (χ3n) is 4.82. The van der Waals surface area contributed by atoms with E-state index in [1.807, 2.05) is 12.4 Å².